The van der Waals surface area contributed by atoms with Crippen LogP contribution in [0.4, 0.5) is 17.1 Å². The number of anilines is 3. The van der Waals surface area contributed by atoms with Crippen LogP contribution in [-0.2, 0) is 6.54 Å². The van der Waals surface area contributed by atoms with Crippen molar-refractivity contribution < 1.29 is 0 Å². The Bertz CT molecular complexity index is 1090. The van der Waals surface area contributed by atoms with Crippen LogP contribution in [0.15, 0.2) is 65.6 Å². The van der Waals surface area contributed by atoms with E-state index in [1.165, 1.54) is 10.6 Å². The summed E-state index contributed by atoms with van der Waals surface area (Å²) < 4.78 is 2.40. The summed E-state index contributed by atoms with van der Waals surface area (Å²) in [6, 6.07) is 21.3. The van der Waals surface area contributed by atoms with Gasteiger partial charge in [-0.3, -0.25) is 0 Å². The topological polar surface area (TPSA) is 58.5 Å². The molecular formula is C26H31ClN4S. The van der Waals surface area contributed by atoms with Gasteiger partial charge in [-0.2, -0.15) is 0 Å². The minimum Gasteiger partial charge on any atom is -0.398 e. The van der Waals surface area contributed by atoms with Gasteiger partial charge in [0.15, 0.2) is 0 Å². The first-order chi connectivity index (χ1) is 15.4. The van der Waals surface area contributed by atoms with E-state index >= 15 is 0 Å². The summed E-state index contributed by atoms with van der Waals surface area (Å²) in [5.41, 5.74) is 18.0. The number of hydrogen-bond donors (Lipinski definition) is 2. The van der Waals surface area contributed by atoms with Crippen LogP contribution in [0.2, 0.25) is 5.02 Å². The molecular weight excluding hydrogens is 436 g/mol. The number of nitrogens with zero attached hydrogens (tertiary/aromatic N) is 2. The number of halogens is 1. The van der Waals surface area contributed by atoms with Crippen molar-refractivity contribution in [2.75, 3.05) is 24.2 Å². The fraction of sp³-hybridized carbons (Fsp3) is 0.308. The van der Waals surface area contributed by atoms with Gasteiger partial charge in [0.2, 0.25) is 0 Å². The molecule has 0 unspecified atom stereocenters. The first-order valence-corrected chi connectivity index (χ1v) is 12.2. The van der Waals surface area contributed by atoms with Crippen molar-refractivity contribution in [1.29, 1.82) is 0 Å². The normalized spacial score (nSPS) is 16.8. The fourth-order valence-corrected chi connectivity index (χ4v) is 5.58. The van der Waals surface area contributed by atoms with Gasteiger partial charge in [-0.15, -0.1) is 0 Å². The molecule has 0 aromatic heterocycles. The summed E-state index contributed by atoms with van der Waals surface area (Å²) in [6.07, 6.45) is 1.12. The van der Waals surface area contributed by atoms with Crippen molar-refractivity contribution in [3.8, 4) is 11.1 Å². The Morgan fingerprint density at radius 2 is 1.84 bits per heavy atom. The zero-order valence-corrected chi connectivity index (χ0v) is 20.5. The molecule has 0 fully saturated rings. The largest absolute Gasteiger partial charge is 0.398 e. The highest BCUT2D eigenvalue weighted by Gasteiger charge is 2.29. The number of hydrogen-bond acceptors (Lipinski definition) is 5. The molecule has 3 aromatic carbocycles. The van der Waals surface area contributed by atoms with E-state index in [9.17, 15) is 0 Å². The highest BCUT2D eigenvalue weighted by atomic mass is 35.5. The molecule has 1 atom stereocenters. The van der Waals surface area contributed by atoms with E-state index < -0.39 is 0 Å². The van der Waals surface area contributed by atoms with E-state index in [2.05, 4.69) is 72.6 Å². The lowest BCUT2D eigenvalue weighted by Crippen LogP contribution is -2.36. The van der Waals surface area contributed by atoms with Crippen molar-refractivity contribution >= 4 is 40.6 Å². The van der Waals surface area contributed by atoms with Crippen LogP contribution in [0.25, 0.3) is 11.1 Å². The predicted octanol–water partition coefficient (Wildman–Crippen LogP) is 6.55. The molecule has 0 saturated carbocycles. The smallest absolute Gasteiger partial charge is 0.0578 e. The maximum Gasteiger partial charge on any atom is 0.0578 e. The molecule has 168 valence electrons. The average Bonchev–Trinajstić information content (AvgIpc) is 2.90. The standard InChI is InChI=1S/C26H31ClN4S/c1-17(2)11-21-16-31(20-7-5-4-6-8-20)25-14-23(27)22(13-26(25)32-30(21)3)18-9-10-24(29)19(12-18)15-28/h4-10,12-14,17,21H,11,15-16,28-29H2,1-3H3/t21-/m1/s1. The summed E-state index contributed by atoms with van der Waals surface area (Å²) in [4.78, 5) is 3.59. The predicted molar refractivity (Wildman–Crippen MR) is 140 cm³/mol. The third-order valence-electron chi connectivity index (χ3n) is 5.97. The Labute approximate surface area is 200 Å². The summed E-state index contributed by atoms with van der Waals surface area (Å²) in [5.74, 6) is 0.616. The van der Waals surface area contributed by atoms with Crippen LogP contribution in [-0.4, -0.2) is 23.9 Å². The second-order valence-electron chi connectivity index (χ2n) is 8.78. The van der Waals surface area contributed by atoms with Crippen LogP contribution in [0.1, 0.15) is 25.8 Å². The van der Waals surface area contributed by atoms with E-state index in [0.717, 1.165) is 40.4 Å². The monoisotopic (exact) mass is 466 g/mol. The van der Waals surface area contributed by atoms with Gasteiger partial charge in [0.25, 0.3) is 0 Å². The molecule has 3 aromatic rings. The number of likely N-dealkylation sites (N-methyl/N-ethyl adjacent to an activating group) is 1. The molecule has 4 rings (SSSR count). The highest BCUT2D eigenvalue weighted by Crippen LogP contribution is 2.45. The fourth-order valence-electron chi connectivity index (χ4n) is 4.27. The zero-order valence-electron chi connectivity index (χ0n) is 18.9. The Morgan fingerprint density at radius 1 is 1.09 bits per heavy atom. The summed E-state index contributed by atoms with van der Waals surface area (Å²) >= 11 is 8.68. The molecule has 0 bridgehead atoms. The molecule has 4 N–H and O–H groups in total. The summed E-state index contributed by atoms with van der Waals surface area (Å²) in [6.45, 7) is 5.88. The van der Waals surface area contributed by atoms with Gasteiger partial charge >= 0.3 is 0 Å². The van der Waals surface area contributed by atoms with Gasteiger partial charge < -0.3 is 16.4 Å². The summed E-state index contributed by atoms with van der Waals surface area (Å²) in [7, 11) is 2.19. The molecule has 6 heteroatoms. The number of rotatable bonds is 5. The number of para-hydroxylation sites is 1. The summed E-state index contributed by atoms with van der Waals surface area (Å²) in [5, 5.41) is 0.725. The third kappa shape index (κ3) is 4.76. The maximum absolute atomic E-state index is 6.88. The molecule has 1 heterocycles. The number of benzene rings is 3. The third-order valence-corrected chi connectivity index (χ3v) is 7.40. The molecule has 0 saturated heterocycles. The van der Waals surface area contributed by atoms with E-state index in [1.54, 1.807) is 11.9 Å². The highest BCUT2D eigenvalue weighted by molar-refractivity contribution is 7.97. The number of fused-ring (bicyclic) bond motifs is 1. The van der Waals surface area contributed by atoms with Gasteiger partial charge in [-0.05, 0) is 78.9 Å². The molecule has 4 nitrogen and oxygen atoms in total. The van der Waals surface area contributed by atoms with Gasteiger partial charge in [0.05, 0.1) is 10.7 Å². The molecule has 0 aliphatic carbocycles. The van der Waals surface area contributed by atoms with Crippen molar-refractivity contribution in [2.24, 2.45) is 11.7 Å². The first-order valence-electron chi connectivity index (χ1n) is 11.0. The Balaban J connectivity index is 1.83. The van der Waals surface area contributed by atoms with Gasteiger partial charge in [-0.25, -0.2) is 4.31 Å². The van der Waals surface area contributed by atoms with Crippen molar-refractivity contribution in [3.05, 3.63) is 71.2 Å². The van der Waals surface area contributed by atoms with Gasteiger partial charge in [0, 0.05) is 41.0 Å². The van der Waals surface area contributed by atoms with E-state index in [4.69, 9.17) is 23.1 Å². The maximum atomic E-state index is 6.88. The molecule has 1 aliphatic heterocycles. The van der Waals surface area contributed by atoms with Gasteiger partial charge in [0.1, 0.15) is 0 Å². The van der Waals surface area contributed by atoms with Crippen LogP contribution in [0.3, 0.4) is 0 Å². The molecule has 1 aliphatic rings. The lowest BCUT2D eigenvalue weighted by Gasteiger charge is -2.31. The lowest BCUT2D eigenvalue weighted by atomic mass is 10.0. The molecule has 0 radical (unpaired) electrons. The zero-order chi connectivity index (χ0) is 22.8. The first kappa shape index (κ1) is 23.0. The Morgan fingerprint density at radius 3 is 2.53 bits per heavy atom. The Hall–Kier alpha value is -2.18. The SMILES string of the molecule is CC(C)C[C@@H]1CN(c2ccccc2)c2cc(Cl)c(-c3ccc(N)c(CN)c3)cc2SN1C. The number of nitrogen functional groups attached to an aromatic ring is 1. The molecule has 32 heavy (non-hydrogen) atoms. The van der Waals surface area contributed by atoms with Crippen LogP contribution >= 0.6 is 23.5 Å². The molecule has 0 spiro atoms. The van der Waals surface area contributed by atoms with Gasteiger partial charge in [-0.1, -0.05) is 49.7 Å². The van der Waals surface area contributed by atoms with Crippen molar-refractivity contribution in [2.45, 2.75) is 37.8 Å². The van der Waals surface area contributed by atoms with Crippen molar-refractivity contribution in [3.63, 3.8) is 0 Å². The van der Waals surface area contributed by atoms with Crippen LogP contribution in [0.5, 0.6) is 0 Å². The van der Waals surface area contributed by atoms with Crippen LogP contribution in [0, 0.1) is 5.92 Å². The second kappa shape index (κ2) is 9.75. The van der Waals surface area contributed by atoms with Crippen molar-refractivity contribution in [1.82, 2.24) is 4.31 Å². The number of nitrogens with two attached hydrogens (primary N) is 2. The quantitative estimate of drug-likeness (QED) is 0.329. The molecule has 0 amide bonds. The average molecular weight is 467 g/mol. The van der Waals surface area contributed by atoms with E-state index in [0.29, 0.717) is 24.2 Å². The second-order valence-corrected chi connectivity index (χ2v) is 10.4. The minimum atomic E-state index is 0.401. The van der Waals surface area contributed by atoms with E-state index in [1.807, 2.05) is 18.2 Å². The van der Waals surface area contributed by atoms with Crippen LogP contribution < -0.4 is 16.4 Å². The Kier molecular flexibility index (Phi) is 7.01. The lowest BCUT2D eigenvalue weighted by molar-refractivity contribution is 0.350. The van der Waals surface area contributed by atoms with E-state index in [-0.39, 0.29) is 0 Å². The minimum absolute atomic E-state index is 0.401.